The minimum atomic E-state index is -0.366. The van der Waals surface area contributed by atoms with Gasteiger partial charge in [-0.05, 0) is 31.4 Å². The maximum Gasteiger partial charge on any atom is 0.338 e. The highest BCUT2D eigenvalue weighted by molar-refractivity contribution is 5.89. The lowest BCUT2D eigenvalue weighted by molar-refractivity contribution is 0.0525. The minimum absolute atomic E-state index is 0.168. The molecule has 0 fully saturated rings. The van der Waals surface area contributed by atoms with E-state index in [0.717, 1.165) is 12.1 Å². The van der Waals surface area contributed by atoms with Crippen LogP contribution < -0.4 is 0 Å². The Morgan fingerprint density at radius 1 is 1.41 bits per heavy atom. The summed E-state index contributed by atoms with van der Waals surface area (Å²) in [5, 5.41) is 9.12. The van der Waals surface area contributed by atoms with E-state index >= 15 is 0 Å². The SMILES string of the molecule is CCOC(=O)c1cc(CO)nc(CC(C)C)c1. The number of aliphatic hydroxyl groups excluding tert-OH is 1. The summed E-state index contributed by atoms with van der Waals surface area (Å²) in [7, 11) is 0. The molecule has 0 amide bonds. The van der Waals surface area contributed by atoms with Crippen LogP contribution in [0.1, 0.15) is 42.5 Å². The molecule has 17 heavy (non-hydrogen) atoms. The number of hydrogen-bond donors (Lipinski definition) is 1. The Morgan fingerprint density at radius 3 is 2.59 bits per heavy atom. The zero-order valence-electron chi connectivity index (χ0n) is 10.6. The third-order valence-electron chi connectivity index (χ3n) is 2.22. The second kappa shape index (κ2) is 6.35. The Hall–Kier alpha value is -1.42. The van der Waals surface area contributed by atoms with Gasteiger partial charge in [-0.2, -0.15) is 0 Å². The first-order valence-electron chi connectivity index (χ1n) is 5.84. The summed E-state index contributed by atoms with van der Waals surface area (Å²) < 4.78 is 4.94. The average Bonchev–Trinajstić information content (AvgIpc) is 2.28. The molecule has 0 saturated carbocycles. The molecule has 0 spiro atoms. The first kappa shape index (κ1) is 13.6. The van der Waals surface area contributed by atoms with Crippen molar-refractivity contribution in [2.45, 2.75) is 33.8 Å². The number of aromatic nitrogens is 1. The highest BCUT2D eigenvalue weighted by Crippen LogP contribution is 2.12. The maximum absolute atomic E-state index is 11.6. The average molecular weight is 237 g/mol. The molecule has 0 aliphatic carbocycles. The molecule has 0 aliphatic heterocycles. The summed E-state index contributed by atoms with van der Waals surface area (Å²) in [6.07, 6.45) is 0.778. The van der Waals surface area contributed by atoms with Crippen LogP contribution in [-0.4, -0.2) is 22.7 Å². The molecule has 94 valence electrons. The van der Waals surface area contributed by atoms with E-state index in [2.05, 4.69) is 18.8 Å². The van der Waals surface area contributed by atoms with E-state index in [1.807, 2.05) is 0 Å². The van der Waals surface area contributed by atoms with Crippen LogP contribution in [0.5, 0.6) is 0 Å². The quantitative estimate of drug-likeness (QED) is 0.795. The van der Waals surface area contributed by atoms with Crippen molar-refractivity contribution in [3.63, 3.8) is 0 Å². The van der Waals surface area contributed by atoms with Gasteiger partial charge < -0.3 is 9.84 Å². The van der Waals surface area contributed by atoms with Crippen LogP contribution in [0.15, 0.2) is 12.1 Å². The van der Waals surface area contributed by atoms with E-state index in [-0.39, 0.29) is 12.6 Å². The van der Waals surface area contributed by atoms with E-state index in [1.165, 1.54) is 0 Å². The second-order valence-corrected chi connectivity index (χ2v) is 4.32. The normalized spacial score (nSPS) is 10.6. The van der Waals surface area contributed by atoms with Crippen molar-refractivity contribution in [1.29, 1.82) is 0 Å². The van der Waals surface area contributed by atoms with Gasteiger partial charge in [0.15, 0.2) is 0 Å². The third kappa shape index (κ3) is 4.15. The van der Waals surface area contributed by atoms with Crippen molar-refractivity contribution in [2.24, 2.45) is 5.92 Å². The van der Waals surface area contributed by atoms with Gasteiger partial charge in [-0.1, -0.05) is 13.8 Å². The fourth-order valence-electron chi connectivity index (χ4n) is 1.59. The van der Waals surface area contributed by atoms with E-state index in [4.69, 9.17) is 9.84 Å². The number of rotatable bonds is 5. The van der Waals surface area contributed by atoms with Gasteiger partial charge in [0.05, 0.1) is 24.5 Å². The zero-order chi connectivity index (χ0) is 12.8. The van der Waals surface area contributed by atoms with Gasteiger partial charge in [0, 0.05) is 5.69 Å². The number of aliphatic hydroxyl groups is 1. The molecule has 0 saturated heterocycles. The van der Waals surface area contributed by atoms with Crippen molar-refractivity contribution in [3.8, 4) is 0 Å². The summed E-state index contributed by atoms with van der Waals surface area (Å²) in [5.41, 5.74) is 1.78. The molecule has 0 aliphatic rings. The Kier molecular flexibility index (Phi) is 5.10. The molecule has 0 unspecified atom stereocenters. The fourth-order valence-corrected chi connectivity index (χ4v) is 1.59. The monoisotopic (exact) mass is 237 g/mol. The topological polar surface area (TPSA) is 59.4 Å². The first-order chi connectivity index (χ1) is 8.06. The number of hydrogen-bond acceptors (Lipinski definition) is 4. The highest BCUT2D eigenvalue weighted by atomic mass is 16.5. The van der Waals surface area contributed by atoms with Crippen LogP contribution in [0, 0.1) is 5.92 Å². The molecule has 1 heterocycles. The molecule has 4 heteroatoms. The number of nitrogens with zero attached hydrogens (tertiary/aromatic N) is 1. The number of carbonyl (C=O) groups excluding carboxylic acids is 1. The van der Waals surface area contributed by atoms with E-state index < -0.39 is 0 Å². The molecule has 0 atom stereocenters. The van der Waals surface area contributed by atoms with Gasteiger partial charge in [0.1, 0.15) is 0 Å². The van der Waals surface area contributed by atoms with Gasteiger partial charge >= 0.3 is 5.97 Å². The van der Waals surface area contributed by atoms with Gasteiger partial charge in [-0.15, -0.1) is 0 Å². The largest absolute Gasteiger partial charge is 0.462 e. The number of carbonyl (C=O) groups is 1. The van der Waals surface area contributed by atoms with Crippen LogP contribution >= 0.6 is 0 Å². The predicted octanol–water partition coefficient (Wildman–Crippen LogP) is 1.95. The van der Waals surface area contributed by atoms with Gasteiger partial charge in [0.2, 0.25) is 0 Å². The number of pyridine rings is 1. The van der Waals surface area contributed by atoms with Crippen LogP contribution in [0.3, 0.4) is 0 Å². The van der Waals surface area contributed by atoms with Crippen molar-refractivity contribution >= 4 is 5.97 Å². The molecule has 1 rings (SSSR count). The number of ether oxygens (including phenoxy) is 1. The molecule has 1 N–H and O–H groups in total. The Labute approximate surface area is 102 Å². The van der Waals surface area contributed by atoms with Crippen LogP contribution in [0.25, 0.3) is 0 Å². The molecule has 1 aromatic rings. The highest BCUT2D eigenvalue weighted by Gasteiger charge is 2.11. The lowest BCUT2D eigenvalue weighted by Crippen LogP contribution is -2.09. The fraction of sp³-hybridized carbons (Fsp3) is 0.538. The van der Waals surface area contributed by atoms with Crippen molar-refractivity contribution in [2.75, 3.05) is 6.61 Å². The maximum atomic E-state index is 11.6. The third-order valence-corrected chi connectivity index (χ3v) is 2.22. The van der Waals surface area contributed by atoms with Gasteiger partial charge in [0.25, 0.3) is 0 Å². The van der Waals surface area contributed by atoms with Crippen molar-refractivity contribution in [1.82, 2.24) is 4.98 Å². The molecule has 1 aromatic heterocycles. The molecule has 4 nitrogen and oxygen atoms in total. The Morgan fingerprint density at radius 2 is 2.06 bits per heavy atom. The molecular formula is C13H19NO3. The van der Waals surface area contributed by atoms with Gasteiger partial charge in [-0.25, -0.2) is 4.79 Å². The van der Waals surface area contributed by atoms with Crippen molar-refractivity contribution in [3.05, 3.63) is 29.1 Å². The Balaban J connectivity index is 3.00. The zero-order valence-corrected chi connectivity index (χ0v) is 10.6. The summed E-state index contributed by atoms with van der Waals surface area (Å²) >= 11 is 0. The van der Waals surface area contributed by atoms with Crippen LogP contribution in [-0.2, 0) is 17.8 Å². The molecule has 0 bridgehead atoms. The minimum Gasteiger partial charge on any atom is -0.462 e. The van der Waals surface area contributed by atoms with Crippen molar-refractivity contribution < 1.29 is 14.6 Å². The predicted molar refractivity (Wildman–Crippen MR) is 64.7 cm³/mol. The molecule has 0 radical (unpaired) electrons. The summed E-state index contributed by atoms with van der Waals surface area (Å²) in [6, 6.07) is 3.30. The molecular weight excluding hydrogens is 218 g/mol. The van der Waals surface area contributed by atoms with Gasteiger partial charge in [-0.3, -0.25) is 4.98 Å². The first-order valence-corrected chi connectivity index (χ1v) is 5.84. The van der Waals surface area contributed by atoms with Crippen LogP contribution in [0.2, 0.25) is 0 Å². The summed E-state index contributed by atoms with van der Waals surface area (Å²) in [6.45, 7) is 6.10. The second-order valence-electron chi connectivity index (χ2n) is 4.32. The van der Waals surface area contributed by atoms with E-state index in [9.17, 15) is 4.79 Å². The lowest BCUT2D eigenvalue weighted by atomic mass is 10.1. The summed E-state index contributed by atoms with van der Waals surface area (Å²) in [4.78, 5) is 15.9. The summed E-state index contributed by atoms with van der Waals surface area (Å²) in [5.74, 6) is 0.0843. The lowest BCUT2D eigenvalue weighted by Gasteiger charge is -2.09. The smallest absolute Gasteiger partial charge is 0.338 e. The standard InChI is InChI=1S/C13H19NO3/c1-4-17-13(16)10-6-11(5-9(2)3)14-12(7-10)8-15/h6-7,9,15H,4-5,8H2,1-3H3. The van der Waals surface area contributed by atoms with E-state index in [1.54, 1.807) is 19.1 Å². The van der Waals surface area contributed by atoms with Crippen LogP contribution in [0.4, 0.5) is 0 Å². The number of esters is 1. The van der Waals surface area contributed by atoms with E-state index in [0.29, 0.717) is 23.8 Å². The molecule has 0 aromatic carbocycles. The Bertz CT molecular complexity index is 388.